The molecule has 5 aromatic rings. The number of rotatable bonds is 7. The molecule has 0 unspecified atom stereocenters. The van der Waals surface area contributed by atoms with Gasteiger partial charge in [-0.05, 0) is 37.5 Å². The summed E-state index contributed by atoms with van der Waals surface area (Å²) in [5.74, 6) is -0.902. The molecule has 0 aliphatic heterocycles. The van der Waals surface area contributed by atoms with Crippen molar-refractivity contribution in [2.24, 2.45) is 0 Å². The molecule has 0 bridgehead atoms. The molecule has 7 nitrogen and oxygen atoms in total. The van der Waals surface area contributed by atoms with Gasteiger partial charge < -0.3 is 10.1 Å². The van der Waals surface area contributed by atoms with E-state index in [0.29, 0.717) is 43.3 Å². The number of anilines is 1. The first-order chi connectivity index (χ1) is 18.4. The molecule has 38 heavy (non-hydrogen) atoms. The largest absolute Gasteiger partial charge is 0.462 e. The predicted molar refractivity (Wildman–Crippen MR) is 153 cm³/mol. The number of aromatic nitrogens is 2. The van der Waals surface area contributed by atoms with E-state index in [2.05, 4.69) is 10.3 Å². The van der Waals surface area contributed by atoms with Gasteiger partial charge in [-0.1, -0.05) is 60.2 Å². The summed E-state index contributed by atoms with van der Waals surface area (Å²) in [6.07, 6.45) is 1.52. The minimum absolute atomic E-state index is 0.198. The zero-order valence-corrected chi connectivity index (χ0v) is 22.7. The van der Waals surface area contributed by atoms with Crippen molar-refractivity contribution in [3.8, 4) is 11.1 Å². The van der Waals surface area contributed by atoms with Crippen molar-refractivity contribution >= 4 is 49.8 Å². The number of amides is 1. The SMILES string of the molecule is CCOC(=O)c1c(-c2ccc(C)cc2)csc1NC(=O)c1sc2ncn(Cc3ccccc3)c(=O)c2c1C. The number of esters is 1. The number of benzene rings is 2. The Morgan fingerprint density at radius 2 is 1.79 bits per heavy atom. The van der Waals surface area contributed by atoms with Crippen LogP contribution in [0.1, 0.15) is 43.6 Å². The molecule has 0 fully saturated rings. The highest BCUT2D eigenvalue weighted by molar-refractivity contribution is 7.21. The molecule has 0 saturated heterocycles. The predicted octanol–water partition coefficient (Wildman–Crippen LogP) is 6.28. The van der Waals surface area contributed by atoms with Gasteiger partial charge in [0.05, 0.1) is 29.7 Å². The number of thiophene rings is 2. The molecule has 5 rings (SSSR count). The van der Waals surface area contributed by atoms with E-state index in [1.165, 1.54) is 17.7 Å². The van der Waals surface area contributed by atoms with Crippen molar-refractivity contribution in [3.05, 3.63) is 104 Å². The number of fused-ring (bicyclic) bond motifs is 1. The molecule has 0 aliphatic rings. The summed E-state index contributed by atoms with van der Waals surface area (Å²) in [5.41, 5.74) is 4.32. The monoisotopic (exact) mass is 543 g/mol. The summed E-state index contributed by atoms with van der Waals surface area (Å²) in [5, 5.41) is 5.56. The Hall–Kier alpha value is -4.08. The van der Waals surface area contributed by atoms with Gasteiger partial charge in [0.15, 0.2) is 0 Å². The maximum absolute atomic E-state index is 13.4. The number of aryl methyl sites for hydroxylation is 2. The normalized spacial score (nSPS) is 11.0. The minimum atomic E-state index is -0.502. The van der Waals surface area contributed by atoms with Gasteiger partial charge in [-0.2, -0.15) is 0 Å². The zero-order chi connectivity index (χ0) is 26.8. The van der Waals surface area contributed by atoms with Crippen LogP contribution in [-0.4, -0.2) is 28.0 Å². The number of nitrogens with zero attached hydrogens (tertiary/aromatic N) is 2. The Kier molecular flexibility index (Phi) is 7.22. The molecule has 0 aliphatic carbocycles. The van der Waals surface area contributed by atoms with E-state index in [-0.39, 0.29) is 12.2 Å². The summed E-state index contributed by atoms with van der Waals surface area (Å²) >= 11 is 2.42. The quantitative estimate of drug-likeness (QED) is 0.244. The van der Waals surface area contributed by atoms with Crippen molar-refractivity contribution in [2.45, 2.75) is 27.3 Å². The zero-order valence-electron chi connectivity index (χ0n) is 21.1. The van der Waals surface area contributed by atoms with Gasteiger partial charge in [-0.3, -0.25) is 14.2 Å². The maximum atomic E-state index is 13.4. The lowest BCUT2D eigenvalue weighted by Gasteiger charge is -2.09. The first kappa shape index (κ1) is 25.6. The lowest BCUT2D eigenvalue weighted by molar-refractivity contribution is 0.0529. The first-order valence-electron chi connectivity index (χ1n) is 12.1. The summed E-state index contributed by atoms with van der Waals surface area (Å²) in [6.45, 7) is 6.09. The highest BCUT2D eigenvalue weighted by Crippen LogP contribution is 2.37. The lowest BCUT2D eigenvalue weighted by Crippen LogP contribution is -2.21. The fraction of sp³-hybridized carbons (Fsp3) is 0.172. The Morgan fingerprint density at radius 1 is 1.05 bits per heavy atom. The van der Waals surface area contributed by atoms with Crippen LogP contribution in [0.2, 0.25) is 0 Å². The molecule has 2 aromatic carbocycles. The second-order valence-corrected chi connectivity index (χ2v) is 10.7. The summed E-state index contributed by atoms with van der Waals surface area (Å²) in [4.78, 5) is 45.0. The van der Waals surface area contributed by atoms with Crippen molar-refractivity contribution < 1.29 is 14.3 Å². The van der Waals surface area contributed by atoms with Crippen molar-refractivity contribution in [1.29, 1.82) is 0 Å². The molecule has 0 spiro atoms. The molecule has 192 valence electrons. The van der Waals surface area contributed by atoms with E-state index in [4.69, 9.17) is 4.74 Å². The highest BCUT2D eigenvalue weighted by Gasteiger charge is 2.25. The number of carbonyl (C=O) groups excluding carboxylic acids is 2. The van der Waals surface area contributed by atoms with Crippen LogP contribution < -0.4 is 10.9 Å². The topological polar surface area (TPSA) is 90.3 Å². The highest BCUT2D eigenvalue weighted by atomic mass is 32.1. The lowest BCUT2D eigenvalue weighted by atomic mass is 10.0. The van der Waals surface area contributed by atoms with Crippen molar-refractivity contribution in [1.82, 2.24) is 9.55 Å². The van der Waals surface area contributed by atoms with Gasteiger partial charge in [0.25, 0.3) is 11.5 Å². The fourth-order valence-corrected chi connectivity index (χ4v) is 6.22. The van der Waals surface area contributed by atoms with Gasteiger partial charge in [-0.25, -0.2) is 9.78 Å². The first-order valence-corrected chi connectivity index (χ1v) is 13.8. The standard InChI is InChI=1S/C29H25N3O4S2/c1-4-36-29(35)23-21(20-12-10-17(2)11-13-20)15-37-27(23)31-25(33)24-18(3)22-26(38-24)30-16-32(28(22)34)14-19-8-6-5-7-9-19/h5-13,15-16H,4,14H2,1-3H3,(H,31,33). The van der Waals surface area contributed by atoms with Crippen LogP contribution in [0.3, 0.4) is 0 Å². The van der Waals surface area contributed by atoms with Crippen LogP contribution in [0.4, 0.5) is 5.00 Å². The van der Waals surface area contributed by atoms with Gasteiger partial charge >= 0.3 is 5.97 Å². The Bertz CT molecular complexity index is 1700. The van der Waals surface area contributed by atoms with Crippen LogP contribution in [0, 0.1) is 13.8 Å². The smallest absolute Gasteiger partial charge is 0.341 e. The fourth-order valence-electron chi connectivity index (χ4n) is 4.23. The van der Waals surface area contributed by atoms with Gasteiger partial charge in [0, 0.05) is 10.9 Å². The molecule has 0 saturated carbocycles. The van der Waals surface area contributed by atoms with E-state index in [9.17, 15) is 14.4 Å². The number of hydrogen-bond donors (Lipinski definition) is 1. The van der Waals surface area contributed by atoms with Crippen LogP contribution in [0.15, 0.2) is 71.1 Å². The summed E-state index contributed by atoms with van der Waals surface area (Å²) in [7, 11) is 0. The molecule has 3 heterocycles. The molecular formula is C29H25N3O4S2. The third-order valence-corrected chi connectivity index (χ3v) is 8.27. The third-order valence-electron chi connectivity index (χ3n) is 6.18. The second-order valence-electron chi connectivity index (χ2n) is 8.79. The minimum Gasteiger partial charge on any atom is -0.462 e. The van der Waals surface area contributed by atoms with E-state index in [1.54, 1.807) is 18.4 Å². The van der Waals surface area contributed by atoms with E-state index in [1.807, 2.05) is 66.9 Å². The van der Waals surface area contributed by atoms with E-state index in [0.717, 1.165) is 28.0 Å². The molecule has 3 aromatic heterocycles. The average molecular weight is 544 g/mol. The van der Waals surface area contributed by atoms with Crippen molar-refractivity contribution in [2.75, 3.05) is 11.9 Å². The Morgan fingerprint density at radius 3 is 2.50 bits per heavy atom. The Balaban J connectivity index is 1.49. The molecular weight excluding hydrogens is 518 g/mol. The van der Waals surface area contributed by atoms with Crippen LogP contribution >= 0.6 is 22.7 Å². The van der Waals surface area contributed by atoms with Gasteiger partial charge in [-0.15, -0.1) is 22.7 Å². The second kappa shape index (κ2) is 10.7. The molecule has 0 atom stereocenters. The number of hydrogen-bond acceptors (Lipinski definition) is 7. The van der Waals surface area contributed by atoms with Crippen LogP contribution in [0.25, 0.3) is 21.3 Å². The third kappa shape index (κ3) is 4.90. The number of nitrogens with one attached hydrogen (secondary N) is 1. The van der Waals surface area contributed by atoms with Crippen molar-refractivity contribution in [3.63, 3.8) is 0 Å². The molecule has 1 N–H and O–H groups in total. The van der Waals surface area contributed by atoms with Gasteiger partial charge in [0.1, 0.15) is 15.4 Å². The van der Waals surface area contributed by atoms with Gasteiger partial charge in [0.2, 0.25) is 0 Å². The van der Waals surface area contributed by atoms with Crippen LogP contribution in [-0.2, 0) is 11.3 Å². The van der Waals surface area contributed by atoms with E-state index < -0.39 is 11.9 Å². The summed E-state index contributed by atoms with van der Waals surface area (Å²) < 4.78 is 6.86. The van der Waals surface area contributed by atoms with Crippen LogP contribution in [0.5, 0.6) is 0 Å². The molecule has 9 heteroatoms. The average Bonchev–Trinajstić information content (AvgIpc) is 3.48. The molecule has 0 radical (unpaired) electrons. The number of carbonyl (C=O) groups is 2. The molecule has 1 amide bonds. The Labute approximate surface area is 227 Å². The summed E-state index contributed by atoms with van der Waals surface area (Å²) in [6, 6.07) is 17.5. The van der Waals surface area contributed by atoms with E-state index >= 15 is 0 Å². The maximum Gasteiger partial charge on any atom is 0.341 e. The number of ether oxygens (including phenoxy) is 1.